The van der Waals surface area contributed by atoms with Crippen molar-refractivity contribution in [2.75, 3.05) is 6.61 Å². The highest BCUT2D eigenvalue weighted by Gasteiger charge is 2.18. The molecule has 0 saturated heterocycles. The Hall–Kier alpha value is -0.243. The highest BCUT2D eigenvalue weighted by atomic mass is 28.3. The van der Waals surface area contributed by atoms with Crippen molar-refractivity contribution < 1.29 is 4.74 Å². The van der Waals surface area contributed by atoms with E-state index in [1.807, 2.05) is 6.92 Å². The van der Waals surface area contributed by atoms with Gasteiger partial charge in [-0.25, -0.2) is 0 Å². The molecule has 9 heavy (non-hydrogen) atoms. The van der Waals surface area contributed by atoms with Gasteiger partial charge in [-0.3, -0.25) is 0 Å². The summed E-state index contributed by atoms with van der Waals surface area (Å²) in [4.78, 5) is 0. The molecule has 0 amide bonds. The minimum Gasteiger partial charge on any atom is -0.504 e. The third-order valence-corrected chi connectivity index (χ3v) is 2.97. The fourth-order valence-corrected chi connectivity index (χ4v) is 0.968. The molecule has 2 heteroatoms. The fourth-order valence-electron chi connectivity index (χ4n) is 0.391. The van der Waals surface area contributed by atoms with E-state index in [9.17, 15) is 0 Å². The van der Waals surface area contributed by atoms with Gasteiger partial charge in [0.1, 0.15) is 8.07 Å². The Kier molecular flexibility index (Phi) is 2.98. The average molecular weight is 144 g/mol. The normalized spacial score (nSPS) is 11.1. The van der Waals surface area contributed by atoms with Crippen LogP contribution in [0.25, 0.3) is 0 Å². The molecule has 0 aromatic carbocycles. The molecule has 0 spiro atoms. The Morgan fingerprint density at radius 1 is 1.44 bits per heavy atom. The molecular formula is C7H16OSi. The Morgan fingerprint density at radius 2 is 1.89 bits per heavy atom. The van der Waals surface area contributed by atoms with E-state index in [-0.39, 0.29) is 0 Å². The van der Waals surface area contributed by atoms with E-state index in [2.05, 4.69) is 26.2 Å². The van der Waals surface area contributed by atoms with Gasteiger partial charge in [0.15, 0.2) is 0 Å². The van der Waals surface area contributed by atoms with Gasteiger partial charge >= 0.3 is 0 Å². The third kappa shape index (κ3) is 3.35. The summed E-state index contributed by atoms with van der Waals surface area (Å²) in [5.41, 5.74) is 0. The van der Waals surface area contributed by atoms with Crippen molar-refractivity contribution in [2.45, 2.75) is 26.6 Å². The van der Waals surface area contributed by atoms with Crippen LogP contribution in [0.15, 0.2) is 12.0 Å². The summed E-state index contributed by atoms with van der Waals surface area (Å²) in [6.07, 6.45) is 0. The molecule has 0 radical (unpaired) electrons. The fraction of sp³-hybridized carbons (Fsp3) is 0.714. The zero-order valence-electron chi connectivity index (χ0n) is 6.82. The van der Waals surface area contributed by atoms with Gasteiger partial charge in [0.2, 0.25) is 0 Å². The van der Waals surface area contributed by atoms with E-state index >= 15 is 0 Å². The third-order valence-electron chi connectivity index (χ3n) is 1.16. The Bertz CT molecular complexity index is 102. The standard InChI is InChI=1S/C7H16OSi/c1-6-8-7(2)9(3,4)5/h2,6H2,1,3-5H3. The average Bonchev–Trinajstić information content (AvgIpc) is 1.64. The molecule has 0 unspecified atom stereocenters. The second-order valence-electron chi connectivity index (χ2n) is 3.11. The van der Waals surface area contributed by atoms with E-state index in [1.165, 1.54) is 0 Å². The van der Waals surface area contributed by atoms with Gasteiger partial charge in [0.05, 0.1) is 12.0 Å². The van der Waals surface area contributed by atoms with Crippen molar-refractivity contribution in [1.29, 1.82) is 0 Å². The SMILES string of the molecule is C=C(OCC)[Si](C)(C)C. The second kappa shape index (κ2) is 3.06. The Balaban J connectivity index is 3.74. The monoisotopic (exact) mass is 144 g/mol. The molecule has 0 aromatic heterocycles. The molecule has 0 aliphatic carbocycles. The lowest BCUT2D eigenvalue weighted by Crippen LogP contribution is -2.24. The molecule has 0 aliphatic rings. The van der Waals surface area contributed by atoms with Crippen LogP contribution in [0.3, 0.4) is 0 Å². The van der Waals surface area contributed by atoms with Crippen molar-refractivity contribution in [2.24, 2.45) is 0 Å². The predicted molar refractivity (Wildman–Crippen MR) is 44.1 cm³/mol. The first-order valence-corrected chi connectivity index (χ1v) is 6.80. The van der Waals surface area contributed by atoms with Crippen LogP contribution in [0.4, 0.5) is 0 Å². The van der Waals surface area contributed by atoms with Gasteiger partial charge in [-0.1, -0.05) is 26.2 Å². The summed E-state index contributed by atoms with van der Waals surface area (Å²) in [5, 5.41) is 1.00. The van der Waals surface area contributed by atoms with Crippen LogP contribution in [0.1, 0.15) is 6.92 Å². The molecular weight excluding hydrogens is 128 g/mol. The van der Waals surface area contributed by atoms with E-state index < -0.39 is 8.07 Å². The van der Waals surface area contributed by atoms with Gasteiger partial charge in [-0.2, -0.15) is 0 Å². The number of hydrogen-bond donors (Lipinski definition) is 0. The molecule has 0 atom stereocenters. The van der Waals surface area contributed by atoms with Gasteiger partial charge in [0.25, 0.3) is 0 Å². The van der Waals surface area contributed by atoms with Crippen LogP contribution in [-0.2, 0) is 4.74 Å². The topological polar surface area (TPSA) is 9.23 Å². The Morgan fingerprint density at radius 3 is 2.00 bits per heavy atom. The maximum Gasteiger partial charge on any atom is 0.121 e. The van der Waals surface area contributed by atoms with E-state index in [0.29, 0.717) is 0 Å². The van der Waals surface area contributed by atoms with E-state index in [4.69, 9.17) is 4.74 Å². The van der Waals surface area contributed by atoms with Gasteiger partial charge in [0, 0.05) is 0 Å². The first-order valence-electron chi connectivity index (χ1n) is 3.30. The lowest BCUT2D eigenvalue weighted by molar-refractivity contribution is 0.252. The second-order valence-corrected chi connectivity index (χ2v) is 8.16. The molecule has 0 aliphatic heterocycles. The minimum absolute atomic E-state index is 0.753. The number of hydrogen-bond acceptors (Lipinski definition) is 1. The molecule has 0 saturated carbocycles. The van der Waals surface area contributed by atoms with Crippen LogP contribution < -0.4 is 0 Å². The van der Waals surface area contributed by atoms with Crippen molar-refractivity contribution in [1.82, 2.24) is 0 Å². The highest BCUT2D eigenvalue weighted by molar-refractivity contribution is 6.82. The van der Waals surface area contributed by atoms with Crippen LogP contribution in [0.2, 0.25) is 19.6 Å². The lowest BCUT2D eigenvalue weighted by atomic mass is 10.9. The van der Waals surface area contributed by atoms with Crippen LogP contribution in [0.5, 0.6) is 0 Å². The largest absolute Gasteiger partial charge is 0.504 e. The van der Waals surface area contributed by atoms with Crippen molar-refractivity contribution in [3.05, 3.63) is 12.0 Å². The first kappa shape index (κ1) is 8.76. The van der Waals surface area contributed by atoms with E-state index in [1.54, 1.807) is 0 Å². The molecule has 0 N–H and O–H groups in total. The van der Waals surface area contributed by atoms with Gasteiger partial charge in [-0.15, -0.1) is 0 Å². The molecule has 54 valence electrons. The van der Waals surface area contributed by atoms with Crippen molar-refractivity contribution in [3.8, 4) is 0 Å². The predicted octanol–water partition coefficient (Wildman–Crippen LogP) is 2.41. The van der Waals surface area contributed by atoms with Gasteiger partial charge < -0.3 is 4.74 Å². The molecule has 0 bridgehead atoms. The van der Waals surface area contributed by atoms with Crippen molar-refractivity contribution >= 4 is 8.07 Å². The van der Waals surface area contributed by atoms with Crippen LogP contribution >= 0.6 is 0 Å². The maximum absolute atomic E-state index is 5.27. The maximum atomic E-state index is 5.27. The zero-order valence-corrected chi connectivity index (χ0v) is 7.82. The Labute approximate surface area is 58.7 Å². The highest BCUT2D eigenvalue weighted by Crippen LogP contribution is 2.12. The number of rotatable bonds is 3. The summed E-state index contributed by atoms with van der Waals surface area (Å²) in [6, 6.07) is 0. The summed E-state index contributed by atoms with van der Waals surface area (Å²) in [5.74, 6) is 0. The lowest BCUT2D eigenvalue weighted by Gasteiger charge is -2.18. The van der Waals surface area contributed by atoms with E-state index in [0.717, 1.165) is 12.0 Å². The van der Waals surface area contributed by atoms with Crippen LogP contribution in [-0.4, -0.2) is 14.7 Å². The summed E-state index contributed by atoms with van der Waals surface area (Å²) < 4.78 is 5.27. The molecule has 0 heterocycles. The zero-order chi connectivity index (χ0) is 7.49. The minimum atomic E-state index is -1.20. The van der Waals surface area contributed by atoms with Crippen molar-refractivity contribution in [3.63, 3.8) is 0 Å². The number of ether oxygens (including phenoxy) is 1. The molecule has 0 rings (SSSR count). The molecule has 1 nitrogen and oxygen atoms in total. The van der Waals surface area contributed by atoms with Gasteiger partial charge in [-0.05, 0) is 6.92 Å². The quantitative estimate of drug-likeness (QED) is 0.436. The summed E-state index contributed by atoms with van der Waals surface area (Å²) >= 11 is 0. The molecule has 0 aromatic rings. The molecule has 0 fully saturated rings. The summed E-state index contributed by atoms with van der Waals surface area (Å²) in [7, 11) is -1.20. The van der Waals surface area contributed by atoms with Crippen LogP contribution in [0, 0.1) is 0 Å². The first-order chi connectivity index (χ1) is 3.98. The summed E-state index contributed by atoms with van der Waals surface area (Å²) in [6.45, 7) is 13.3. The smallest absolute Gasteiger partial charge is 0.121 e.